The standard InChI is InChI=1S/C12H24N2O/c1-8(2)11(13)12(15)14-9(3)10-6-4-5-7-10/h8-11H,4-7,13H2,1-3H3,(H,14,15)/t9-,11+/m1/s1. The normalized spacial score (nSPS) is 21.7. The van der Waals surface area contributed by atoms with Crippen LogP contribution < -0.4 is 11.1 Å². The molecule has 0 aliphatic heterocycles. The van der Waals surface area contributed by atoms with Crippen molar-refractivity contribution in [2.24, 2.45) is 17.6 Å². The summed E-state index contributed by atoms with van der Waals surface area (Å²) in [6, 6.07) is -0.0846. The van der Waals surface area contributed by atoms with Gasteiger partial charge in [0, 0.05) is 6.04 Å². The minimum Gasteiger partial charge on any atom is -0.352 e. The third-order valence-electron chi connectivity index (χ3n) is 3.50. The number of rotatable bonds is 4. The van der Waals surface area contributed by atoms with Crippen LogP contribution in [-0.4, -0.2) is 18.0 Å². The van der Waals surface area contributed by atoms with Gasteiger partial charge in [-0.3, -0.25) is 4.79 Å². The lowest BCUT2D eigenvalue weighted by Gasteiger charge is -2.23. The van der Waals surface area contributed by atoms with Crippen molar-refractivity contribution < 1.29 is 4.79 Å². The maximum Gasteiger partial charge on any atom is 0.237 e. The SMILES string of the molecule is CC(C)[C@H](N)C(=O)N[C@H](C)C1CCCC1. The first-order valence-corrected chi connectivity index (χ1v) is 6.08. The van der Waals surface area contributed by atoms with Gasteiger partial charge in [0.1, 0.15) is 0 Å². The highest BCUT2D eigenvalue weighted by Gasteiger charge is 2.25. The molecule has 0 saturated heterocycles. The highest BCUT2D eigenvalue weighted by atomic mass is 16.2. The van der Waals surface area contributed by atoms with Gasteiger partial charge in [0.05, 0.1) is 6.04 Å². The van der Waals surface area contributed by atoms with Gasteiger partial charge in [0.15, 0.2) is 0 Å². The molecule has 3 heteroatoms. The number of nitrogens with two attached hydrogens (primary N) is 1. The van der Waals surface area contributed by atoms with Crippen molar-refractivity contribution >= 4 is 5.91 Å². The van der Waals surface area contributed by atoms with E-state index in [2.05, 4.69) is 12.2 Å². The zero-order valence-electron chi connectivity index (χ0n) is 10.1. The van der Waals surface area contributed by atoms with Crippen molar-refractivity contribution in [3.05, 3.63) is 0 Å². The lowest BCUT2D eigenvalue weighted by molar-refractivity contribution is -0.124. The molecule has 0 spiro atoms. The van der Waals surface area contributed by atoms with Gasteiger partial charge >= 0.3 is 0 Å². The molecule has 0 unspecified atom stereocenters. The first-order valence-electron chi connectivity index (χ1n) is 6.08. The topological polar surface area (TPSA) is 55.1 Å². The smallest absolute Gasteiger partial charge is 0.237 e. The molecular formula is C12H24N2O. The molecule has 0 aromatic rings. The van der Waals surface area contributed by atoms with Crippen LogP contribution in [0.25, 0.3) is 0 Å². The van der Waals surface area contributed by atoms with Crippen LogP contribution in [0, 0.1) is 11.8 Å². The predicted molar refractivity (Wildman–Crippen MR) is 62.4 cm³/mol. The summed E-state index contributed by atoms with van der Waals surface area (Å²) in [5.74, 6) is 0.874. The Bertz CT molecular complexity index is 210. The van der Waals surface area contributed by atoms with E-state index in [4.69, 9.17) is 5.73 Å². The van der Waals surface area contributed by atoms with Crippen LogP contribution in [0.4, 0.5) is 0 Å². The van der Waals surface area contributed by atoms with Crippen molar-refractivity contribution in [1.29, 1.82) is 0 Å². The van der Waals surface area contributed by atoms with Crippen LogP contribution in [0.5, 0.6) is 0 Å². The number of amides is 1. The quantitative estimate of drug-likeness (QED) is 0.744. The lowest BCUT2D eigenvalue weighted by atomic mass is 9.98. The molecule has 1 saturated carbocycles. The van der Waals surface area contributed by atoms with Gasteiger partial charge in [-0.05, 0) is 31.6 Å². The summed E-state index contributed by atoms with van der Waals surface area (Å²) in [5.41, 5.74) is 5.79. The van der Waals surface area contributed by atoms with Crippen molar-refractivity contribution in [3.63, 3.8) is 0 Å². The summed E-state index contributed by atoms with van der Waals surface area (Å²) < 4.78 is 0. The second-order valence-electron chi connectivity index (χ2n) is 5.11. The van der Waals surface area contributed by atoms with Gasteiger partial charge in [0.25, 0.3) is 0 Å². The molecule has 0 bridgehead atoms. The molecular weight excluding hydrogens is 188 g/mol. The fourth-order valence-electron chi connectivity index (χ4n) is 2.20. The zero-order valence-corrected chi connectivity index (χ0v) is 10.1. The van der Waals surface area contributed by atoms with E-state index < -0.39 is 0 Å². The molecule has 0 heterocycles. The Morgan fingerprint density at radius 2 is 1.80 bits per heavy atom. The Balaban J connectivity index is 2.36. The summed E-state index contributed by atoms with van der Waals surface area (Å²) >= 11 is 0. The van der Waals surface area contributed by atoms with E-state index in [1.807, 2.05) is 13.8 Å². The molecule has 1 amide bonds. The van der Waals surface area contributed by atoms with Gasteiger partial charge in [0.2, 0.25) is 5.91 Å². The van der Waals surface area contributed by atoms with Crippen molar-refractivity contribution in [2.45, 2.75) is 58.5 Å². The summed E-state index contributed by atoms with van der Waals surface area (Å²) in [5, 5.41) is 3.04. The van der Waals surface area contributed by atoms with Crippen LogP contribution in [0.3, 0.4) is 0 Å². The number of carbonyl (C=O) groups excluding carboxylic acids is 1. The Hall–Kier alpha value is -0.570. The maximum atomic E-state index is 11.7. The molecule has 3 N–H and O–H groups in total. The van der Waals surface area contributed by atoms with E-state index in [-0.39, 0.29) is 23.9 Å². The average molecular weight is 212 g/mol. The second kappa shape index (κ2) is 5.50. The Morgan fingerprint density at radius 1 is 1.27 bits per heavy atom. The minimum atomic E-state index is -0.367. The van der Waals surface area contributed by atoms with Crippen LogP contribution in [0.2, 0.25) is 0 Å². The Morgan fingerprint density at radius 3 is 2.27 bits per heavy atom. The first kappa shape index (κ1) is 12.5. The second-order valence-corrected chi connectivity index (χ2v) is 5.11. The van der Waals surface area contributed by atoms with Crippen molar-refractivity contribution in [3.8, 4) is 0 Å². The van der Waals surface area contributed by atoms with Crippen molar-refractivity contribution in [1.82, 2.24) is 5.32 Å². The molecule has 0 aromatic heterocycles. The van der Waals surface area contributed by atoms with Gasteiger partial charge < -0.3 is 11.1 Å². The van der Waals surface area contributed by atoms with E-state index in [1.165, 1.54) is 25.7 Å². The van der Waals surface area contributed by atoms with Gasteiger partial charge in [-0.15, -0.1) is 0 Å². The van der Waals surface area contributed by atoms with E-state index >= 15 is 0 Å². The molecule has 1 fully saturated rings. The van der Waals surface area contributed by atoms with E-state index in [0.717, 1.165) is 0 Å². The monoisotopic (exact) mass is 212 g/mol. The lowest BCUT2D eigenvalue weighted by Crippen LogP contribution is -2.48. The van der Waals surface area contributed by atoms with E-state index in [1.54, 1.807) is 0 Å². The number of nitrogens with one attached hydrogen (secondary N) is 1. The number of hydrogen-bond donors (Lipinski definition) is 2. The largest absolute Gasteiger partial charge is 0.352 e. The average Bonchev–Trinajstić information content (AvgIpc) is 2.68. The van der Waals surface area contributed by atoms with Crippen molar-refractivity contribution in [2.75, 3.05) is 0 Å². The highest BCUT2D eigenvalue weighted by Crippen LogP contribution is 2.27. The summed E-state index contributed by atoms with van der Waals surface area (Å²) in [6.45, 7) is 6.05. The third-order valence-corrected chi connectivity index (χ3v) is 3.50. The van der Waals surface area contributed by atoms with Crippen LogP contribution in [0.15, 0.2) is 0 Å². The predicted octanol–water partition coefficient (Wildman–Crippen LogP) is 1.66. The fourth-order valence-corrected chi connectivity index (χ4v) is 2.20. The molecule has 15 heavy (non-hydrogen) atoms. The molecule has 2 atom stereocenters. The summed E-state index contributed by atoms with van der Waals surface area (Å²) in [7, 11) is 0. The summed E-state index contributed by atoms with van der Waals surface area (Å²) in [4.78, 5) is 11.7. The molecule has 3 nitrogen and oxygen atoms in total. The summed E-state index contributed by atoms with van der Waals surface area (Å²) in [6.07, 6.45) is 5.11. The third kappa shape index (κ3) is 3.49. The zero-order chi connectivity index (χ0) is 11.4. The number of carbonyl (C=O) groups is 1. The van der Waals surface area contributed by atoms with E-state index in [0.29, 0.717) is 5.92 Å². The highest BCUT2D eigenvalue weighted by molar-refractivity contribution is 5.81. The molecule has 1 rings (SSSR count). The Kier molecular flexibility index (Phi) is 4.58. The molecule has 88 valence electrons. The fraction of sp³-hybridized carbons (Fsp3) is 0.917. The molecule has 0 radical (unpaired) electrons. The van der Waals surface area contributed by atoms with Crippen LogP contribution in [0.1, 0.15) is 46.5 Å². The number of hydrogen-bond acceptors (Lipinski definition) is 2. The molecule has 1 aliphatic rings. The minimum absolute atomic E-state index is 0.00407. The van der Waals surface area contributed by atoms with Gasteiger partial charge in [-0.25, -0.2) is 0 Å². The van der Waals surface area contributed by atoms with Gasteiger partial charge in [-0.2, -0.15) is 0 Å². The van der Waals surface area contributed by atoms with Crippen LogP contribution >= 0.6 is 0 Å². The molecule has 0 aromatic carbocycles. The first-order chi connectivity index (χ1) is 7.02. The maximum absolute atomic E-state index is 11.7. The Labute approximate surface area is 92.8 Å². The van der Waals surface area contributed by atoms with Crippen LogP contribution in [-0.2, 0) is 4.79 Å². The van der Waals surface area contributed by atoms with E-state index in [9.17, 15) is 4.79 Å². The molecule has 1 aliphatic carbocycles. The van der Waals surface area contributed by atoms with Gasteiger partial charge in [-0.1, -0.05) is 26.7 Å².